The molecule has 0 aromatic carbocycles. The molecule has 0 fully saturated rings. The van der Waals surface area contributed by atoms with Gasteiger partial charge < -0.3 is 9.30 Å². The first kappa shape index (κ1) is 12.2. The van der Waals surface area contributed by atoms with E-state index >= 15 is 0 Å². The molecular weight excluding hydrogens is 188 g/mol. The topological polar surface area (TPSA) is 27.1 Å². The number of methoxy groups -OCH3 is 1. The van der Waals surface area contributed by atoms with Gasteiger partial charge in [-0.3, -0.25) is 0 Å². The highest BCUT2D eigenvalue weighted by molar-refractivity contribution is 4.97. The maximum absolute atomic E-state index is 5.40. The van der Waals surface area contributed by atoms with Gasteiger partial charge in [0.05, 0.1) is 5.60 Å². The van der Waals surface area contributed by atoms with Crippen LogP contribution >= 0.6 is 0 Å². The highest BCUT2D eigenvalue weighted by Gasteiger charge is 2.17. The number of hydrogen-bond donors (Lipinski definition) is 0. The fourth-order valence-electron chi connectivity index (χ4n) is 1.50. The Kier molecular flexibility index (Phi) is 3.91. The van der Waals surface area contributed by atoms with E-state index in [9.17, 15) is 0 Å². The zero-order chi connectivity index (χ0) is 11.5. The van der Waals surface area contributed by atoms with Gasteiger partial charge >= 0.3 is 0 Å². The first-order valence-electron chi connectivity index (χ1n) is 5.52. The van der Waals surface area contributed by atoms with Gasteiger partial charge in [0.1, 0.15) is 5.82 Å². The van der Waals surface area contributed by atoms with E-state index in [2.05, 4.69) is 37.2 Å². The van der Waals surface area contributed by atoms with Gasteiger partial charge in [0.2, 0.25) is 0 Å². The third-order valence-electron chi connectivity index (χ3n) is 2.77. The molecule has 86 valence electrons. The average molecular weight is 210 g/mol. The van der Waals surface area contributed by atoms with E-state index in [0.717, 1.165) is 18.8 Å². The van der Waals surface area contributed by atoms with Crippen molar-refractivity contribution in [2.45, 2.75) is 52.2 Å². The highest BCUT2D eigenvalue weighted by atomic mass is 16.5. The molecular formula is C12H22N2O. The van der Waals surface area contributed by atoms with E-state index in [-0.39, 0.29) is 5.60 Å². The Hall–Kier alpha value is -0.830. The average Bonchev–Trinajstić information content (AvgIpc) is 2.63. The van der Waals surface area contributed by atoms with E-state index in [4.69, 9.17) is 4.74 Å². The van der Waals surface area contributed by atoms with Crippen LogP contribution in [0.5, 0.6) is 0 Å². The molecule has 1 heterocycles. The summed E-state index contributed by atoms with van der Waals surface area (Å²) in [5, 5.41) is 0. The Morgan fingerprint density at radius 2 is 2.13 bits per heavy atom. The van der Waals surface area contributed by atoms with Crippen LogP contribution in [-0.2, 0) is 11.3 Å². The monoisotopic (exact) mass is 210 g/mol. The molecule has 3 heteroatoms. The lowest BCUT2D eigenvalue weighted by atomic mass is 10.1. The standard InChI is InChI=1S/C12H22N2O/c1-10(2)11-13-7-9-14(11)8-6-12(3,4)15-5/h7,9-10H,6,8H2,1-5H3. The van der Waals surface area contributed by atoms with Gasteiger partial charge in [0.15, 0.2) is 0 Å². The number of rotatable bonds is 5. The van der Waals surface area contributed by atoms with Gasteiger partial charge in [-0.05, 0) is 20.3 Å². The van der Waals surface area contributed by atoms with Crippen molar-refractivity contribution in [1.82, 2.24) is 9.55 Å². The summed E-state index contributed by atoms with van der Waals surface area (Å²) in [6.45, 7) is 9.52. The molecule has 0 atom stereocenters. The lowest BCUT2D eigenvalue weighted by molar-refractivity contribution is 0.0118. The molecule has 0 aliphatic rings. The summed E-state index contributed by atoms with van der Waals surface area (Å²) in [5.41, 5.74) is -0.0570. The largest absolute Gasteiger partial charge is 0.379 e. The van der Waals surface area contributed by atoms with Crippen LogP contribution in [0.4, 0.5) is 0 Å². The van der Waals surface area contributed by atoms with Crippen molar-refractivity contribution < 1.29 is 4.74 Å². The Morgan fingerprint density at radius 3 is 2.67 bits per heavy atom. The summed E-state index contributed by atoms with van der Waals surface area (Å²) >= 11 is 0. The Labute approximate surface area is 92.5 Å². The molecule has 0 N–H and O–H groups in total. The van der Waals surface area contributed by atoms with Gasteiger partial charge in [-0.15, -0.1) is 0 Å². The minimum atomic E-state index is -0.0570. The molecule has 0 saturated heterocycles. The zero-order valence-corrected chi connectivity index (χ0v) is 10.4. The van der Waals surface area contributed by atoms with E-state index in [1.807, 2.05) is 12.4 Å². The van der Waals surface area contributed by atoms with Crippen LogP contribution in [0.25, 0.3) is 0 Å². The molecule has 0 spiro atoms. The van der Waals surface area contributed by atoms with Crippen molar-refractivity contribution in [3.05, 3.63) is 18.2 Å². The van der Waals surface area contributed by atoms with Crippen molar-refractivity contribution in [2.75, 3.05) is 7.11 Å². The van der Waals surface area contributed by atoms with E-state index in [1.54, 1.807) is 7.11 Å². The van der Waals surface area contributed by atoms with Crippen molar-refractivity contribution in [3.8, 4) is 0 Å². The number of aromatic nitrogens is 2. The van der Waals surface area contributed by atoms with Crippen LogP contribution in [0.3, 0.4) is 0 Å². The number of imidazole rings is 1. The second-order valence-corrected chi connectivity index (χ2v) is 4.85. The molecule has 0 aliphatic heterocycles. The van der Waals surface area contributed by atoms with E-state index in [1.165, 1.54) is 0 Å². The molecule has 0 unspecified atom stereocenters. The number of aryl methyl sites for hydroxylation is 1. The second kappa shape index (κ2) is 4.79. The van der Waals surface area contributed by atoms with E-state index in [0.29, 0.717) is 5.92 Å². The Bertz CT molecular complexity index is 302. The van der Waals surface area contributed by atoms with Gasteiger partial charge in [0, 0.05) is 32.0 Å². The molecule has 1 rings (SSSR count). The summed E-state index contributed by atoms with van der Waals surface area (Å²) < 4.78 is 7.62. The summed E-state index contributed by atoms with van der Waals surface area (Å²) in [6, 6.07) is 0. The second-order valence-electron chi connectivity index (χ2n) is 4.85. The number of ether oxygens (including phenoxy) is 1. The predicted molar refractivity (Wildman–Crippen MR) is 62.0 cm³/mol. The zero-order valence-electron chi connectivity index (χ0n) is 10.4. The third-order valence-corrected chi connectivity index (χ3v) is 2.77. The van der Waals surface area contributed by atoms with Crippen LogP contribution in [0.1, 0.15) is 45.9 Å². The summed E-state index contributed by atoms with van der Waals surface area (Å²) in [4.78, 5) is 4.36. The van der Waals surface area contributed by atoms with Crippen LogP contribution in [0, 0.1) is 0 Å². The summed E-state index contributed by atoms with van der Waals surface area (Å²) in [6.07, 6.45) is 4.91. The van der Waals surface area contributed by atoms with E-state index < -0.39 is 0 Å². The minimum absolute atomic E-state index is 0.0570. The quantitative estimate of drug-likeness (QED) is 0.747. The molecule has 0 saturated carbocycles. The molecule has 0 aliphatic carbocycles. The van der Waals surface area contributed by atoms with Crippen LogP contribution in [0.15, 0.2) is 12.4 Å². The van der Waals surface area contributed by atoms with Gasteiger partial charge in [0.25, 0.3) is 0 Å². The lowest BCUT2D eigenvalue weighted by Gasteiger charge is -2.23. The number of nitrogens with zero attached hydrogens (tertiary/aromatic N) is 2. The summed E-state index contributed by atoms with van der Waals surface area (Å²) in [5.74, 6) is 1.63. The maximum Gasteiger partial charge on any atom is 0.111 e. The first-order chi connectivity index (χ1) is 6.96. The fraction of sp³-hybridized carbons (Fsp3) is 0.750. The number of hydrogen-bond acceptors (Lipinski definition) is 2. The molecule has 0 amide bonds. The summed E-state index contributed by atoms with van der Waals surface area (Å²) in [7, 11) is 1.76. The smallest absolute Gasteiger partial charge is 0.111 e. The molecule has 3 nitrogen and oxygen atoms in total. The van der Waals surface area contributed by atoms with Crippen molar-refractivity contribution in [1.29, 1.82) is 0 Å². The maximum atomic E-state index is 5.40. The molecule has 15 heavy (non-hydrogen) atoms. The molecule has 1 aromatic heterocycles. The van der Waals surface area contributed by atoms with Crippen LogP contribution < -0.4 is 0 Å². The van der Waals surface area contributed by atoms with Crippen molar-refractivity contribution in [2.24, 2.45) is 0 Å². The first-order valence-corrected chi connectivity index (χ1v) is 5.52. The minimum Gasteiger partial charge on any atom is -0.379 e. The van der Waals surface area contributed by atoms with Gasteiger partial charge in [-0.2, -0.15) is 0 Å². The predicted octanol–water partition coefficient (Wildman–Crippen LogP) is 2.82. The molecule has 0 radical (unpaired) electrons. The normalized spacial score (nSPS) is 12.4. The highest BCUT2D eigenvalue weighted by Crippen LogP contribution is 2.17. The lowest BCUT2D eigenvalue weighted by Crippen LogP contribution is -2.24. The van der Waals surface area contributed by atoms with Crippen LogP contribution in [-0.4, -0.2) is 22.3 Å². The fourth-order valence-corrected chi connectivity index (χ4v) is 1.50. The third kappa shape index (κ3) is 3.34. The molecule has 0 bridgehead atoms. The van der Waals surface area contributed by atoms with Gasteiger partial charge in [-0.1, -0.05) is 13.8 Å². The SMILES string of the molecule is COC(C)(C)CCn1ccnc1C(C)C. The van der Waals surface area contributed by atoms with Crippen molar-refractivity contribution in [3.63, 3.8) is 0 Å². The molecule has 1 aromatic rings. The van der Waals surface area contributed by atoms with Crippen LogP contribution in [0.2, 0.25) is 0 Å². The van der Waals surface area contributed by atoms with Gasteiger partial charge in [-0.25, -0.2) is 4.98 Å². The Balaban J connectivity index is 2.61. The van der Waals surface area contributed by atoms with Crippen molar-refractivity contribution >= 4 is 0 Å². The Morgan fingerprint density at radius 1 is 1.47 bits per heavy atom.